The van der Waals surface area contributed by atoms with Gasteiger partial charge in [0.1, 0.15) is 0 Å². The van der Waals surface area contributed by atoms with Crippen molar-refractivity contribution in [3.8, 4) is 0 Å². The number of fused-ring (bicyclic) bond motifs is 1. The molecule has 1 aliphatic rings. The lowest BCUT2D eigenvalue weighted by Crippen LogP contribution is -2.34. The number of carbonyl (C=O) groups excluding carboxylic acids is 3. The summed E-state index contributed by atoms with van der Waals surface area (Å²) in [6, 6.07) is 17.7. The Morgan fingerprint density at radius 1 is 0.879 bits per heavy atom. The summed E-state index contributed by atoms with van der Waals surface area (Å²) in [7, 11) is 0. The molecule has 0 radical (unpaired) electrons. The quantitative estimate of drug-likeness (QED) is 0.387. The maximum atomic E-state index is 12.5. The summed E-state index contributed by atoms with van der Waals surface area (Å²) in [5.74, 6) is -0.844. The van der Waals surface area contributed by atoms with Crippen molar-refractivity contribution in [2.45, 2.75) is 13.2 Å². The largest absolute Gasteiger partial charge is 0.392 e. The highest BCUT2D eigenvalue weighted by Gasteiger charge is 2.24. The van der Waals surface area contributed by atoms with Crippen molar-refractivity contribution in [3.63, 3.8) is 0 Å². The number of benzene rings is 3. The van der Waals surface area contributed by atoms with Gasteiger partial charge in [-0.2, -0.15) is 0 Å². The molecule has 3 aromatic carbocycles. The van der Waals surface area contributed by atoms with Crippen LogP contribution in [0.5, 0.6) is 0 Å². The molecule has 8 nitrogen and oxygen atoms in total. The molecular formula is C25H21N3O5. The van der Waals surface area contributed by atoms with E-state index >= 15 is 0 Å². The van der Waals surface area contributed by atoms with Crippen LogP contribution >= 0.6 is 0 Å². The Morgan fingerprint density at radius 3 is 2.15 bits per heavy atom. The zero-order valence-corrected chi connectivity index (χ0v) is 17.5. The zero-order valence-electron chi connectivity index (χ0n) is 17.5. The predicted octanol–water partition coefficient (Wildman–Crippen LogP) is 3.13. The SMILES string of the molecule is O=C(NC(=O)c1ccc(CO)cc1)Nc1ccc2c(c1)NC(=O)C2=Cc1ccc(CO)cc1. The monoisotopic (exact) mass is 443 g/mol. The Balaban J connectivity index is 1.45. The maximum absolute atomic E-state index is 12.5. The molecule has 0 fully saturated rings. The Hall–Kier alpha value is -4.27. The first-order valence-corrected chi connectivity index (χ1v) is 10.2. The molecule has 0 atom stereocenters. The number of hydrogen-bond donors (Lipinski definition) is 5. The molecule has 4 rings (SSSR count). The second kappa shape index (κ2) is 9.47. The van der Waals surface area contributed by atoms with Crippen LogP contribution in [0.25, 0.3) is 11.6 Å². The van der Waals surface area contributed by atoms with E-state index in [2.05, 4.69) is 16.0 Å². The topological polar surface area (TPSA) is 128 Å². The molecular weight excluding hydrogens is 422 g/mol. The second-order valence-corrected chi connectivity index (χ2v) is 7.44. The van der Waals surface area contributed by atoms with Gasteiger partial charge in [-0.1, -0.05) is 42.5 Å². The van der Waals surface area contributed by atoms with Crippen molar-refractivity contribution in [1.29, 1.82) is 0 Å². The number of nitrogens with one attached hydrogen (secondary N) is 3. The summed E-state index contributed by atoms with van der Waals surface area (Å²) in [4.78, 5) is 36.9. The fourth-order valence-electron chi connectivity index (χ4n) is 3.40. The molecule has 5 N–H and O–H groups in total. The smallest absolute Gasteiger partial charge is 0.326 e. The summed E-state index contributed by atoms with van der Waals surface area (Å²) in [6.45, 7) is -0.185. The molecule has 166 valence electrons. The van der Waals surface area contributed by atoms with Crippen LogP contribution in [0.15, 0.2) is 66.7 Å². The van der Waals surface area contributed by atoms with E-state index in [9.17, 15) is 14.4 Å². The minimum Gasteiger partial charge on any atom is -0.392 e. The molecule has 0 saturated heterocycles. The van der Waals surface area contributed by atoms with E-state index in [1.165, 1.54) is 12.1 Å². The van der Waals surface area contributed by atoms with Crippen LogP contribution in [-0.4, -0.2) is 28.1 Å². The first-order chi connectivity index (χ1) is 16.0. The Bertz CT molecular complexity index is 1250. The van der Waals surface area contributed by atoms with Gasteiger partial charge in [-0.3, -0.25) is 14.9 Å². The number of imide groups is 1. The molecule has 33 heavy (non-hydrogen) atoms. The molecule has 0 bridgehead atoms. The standard InChI is InChI=1S/C25H21N3O5/c29-13-16-3-1-15(2-4-16)11-21-20-10-9-19(12-22(20)27-24(21)32)26-25(33)28-23(31)18-7-5-17(14-30)6-8-18/h1-12,29-30H,13-14H2,(H,27,32)(H2,26,28,31,33). The molecule has 0 spiro atoms. The fraction of sp³-hybridized carbons (Fsp3) is 0.0800. The van der Waals surface area contributed by atoms with E-state index in [0.717, 1.165) is 11.1 Å². The lowest BCUT2D eigenvalue weighted by molar-refractivity contribution is -0.110. The van der Waals surface area contributed by atoms with E-state index in [0.29, 0.717) is 28.1 Å². The Kier molecular flexibility index (Phi) is 6.30. The van der Waals surface area contributed by atoms with E-state index in [1.54, 1.807) is 48.5 Å². The minimum atomic E-state index is -0.713. The van der Waals surface area contributed by atoms with Gasteiger partial charge in [0, 0.05) is 22.4 Å². The highest BCUT2D eigenvalue weighted by atomic mass is 16.3. The van der Waals surface area contributed by atoms with Crippen molar-refractivity contribution in [3.05, 3.63) is 94.5 Å². The number of aliphatic hydroxyl groups excluding tert-OH is 2. The van der Waals surface area contributed by atoms with Gasteiger partial charge in [-0.25, -0.2) is 4.79 Å². The first-order valence-electron chi connectivity index (χ1n) is 10.2. The predicted molar refractivity (Wildman–Crippen MR) is 124 cm³/mol. The fourth-order valence-corrected chi connectivity index (χ4v) is 3.40. The molecule has 0 aromatic heterocycles. The molecule has 0 unspecified atom stereocenters. The normalized spacial score (nSPS) is 13.4. The third-order valence-corrected chi connectivity index (χ3v) is 5.16. The molecule has 4 amide bonds. The van der Waals surface area contributed by atoms with E-state index in [4.69, 9.17) is 10.2 Å². The van der Waals surface area contributed by atoms with Gasteiger partial charge in [0.2, 0.25) is 0 Å². The van der Waals surface area contributed by atoms with Crippen molar-refractivity contribution < 1.29 is 24.6 Å². The first kappa shape index (κ1) is 21.9. The summed E-state index contributed by atoms with van der Waals surface area (Å²) < 4.78 is 0. The lowest BCUT2D eigenvalue weighted by Gasteiger charge is -2.08. The highest BCUT2D eigenvalue weighted by Crippen LogP contribution is 2.35. The second-order valence-electron chi connectivity index (χ2n) is 7.44. The van der Waals surface area contributed by atoms with E-state index in [1.807, 2.05) is 12.1 Å². The average Bonchev–Trinajstić information content (AvgIpc) is 3.13. The molecule has 1 aliphatic heterocycles. The number of aliphatic hydroxyl groups is 2. The van der Waals surface area contributed by atoms with Crippen LogP contribution in [0.3, 0.4) is 0 Å². The number of urea groups is 1. The van der Waals surface area contributed by atoms with Crippen LogP contribution < -0.4 is 16.0 Å². The van der Waals surface area contributed by atoms with Gasteiger partial charge >= 0.3 is 6.03 Å². The van der Waals surface area contributed by atoms with Crippen molar-refractivity contribution in [2.75, 3.05) is 10.6 Å². The Morgan fingerprint density at radius 2 is 1.52 bits per heavy atom. The van der Waals surface area contributed by atoms with Crippen LogP contribution in [0.1, 0.15) is 32.6 Å². The van der Waals surface area contributed by atoms with Crippen LogP contribution in [0.2, 0.25) is 0 Å². The van der Waals surface area contributed by atoms with Crippen LogP contribution in [-0.2, 0) is 18.0 Å². The van der Waals surface area contributed by atoms with Gasteiger partial charge in [-0.05, 0) is 47.0 Å². The molecule has 1 heterocycles. The van der Waals surface area contributed by atoms with Crippen LogP contribution in [0, 0.1) is 0 Å². The molecule has 3 aromatic rings. The Labute approximate surface area is 189 Å². The van der Waals surface area contributed by atoms with Gasteiger partial charge in [0.15, 0.2) is 0 Å². The minimum absolute atomic E-state index is 0.0505. The van der Waals surface area contributed by atoms with Crippen LogP contribution in [0.4, 0.5) is 16.2 Å². The van der Waals surface area contributed by atoms with Crippen molar-refractivity contribution >= 4 is 40.9 Å². The third kappa shape index (κ3) is 4.98. The molecule has 0 saturated carbocycles. The summed E-state index contributed by atoms with van der Waals surface area (Å²) in [6.07, 6.45) is 1.75. The number of hydrogen-bond acceptors (Lipinski definition) is 5. The van der Waals surface area contributed by atoms with Gasteiger partial charge in [0.05, 0.1) is 18.9 Å². The average molecular weight is 443 g/mol. The molecule has 8 heteroatoms. The van der Waals surface area contributed by atoms with E-state index in [-0.39, 0.29) is 24.7 Å². The number of rotatable bonds is 5. The van der Waals surface area contributed by atoms with E-state index < -0.39 is 11.9 Å². The van der Waals surface area contributed by atoms with Crippen molar-refractivity contribution in [1.82, 2.24) is 5.32 Å². The number of amides is 4. The van der Waals surface area contributed by atoms with Gasteiger partial charge in [-0.15, -0.1) is 0 Å². The lowest BCUT2D eigenvalue weighted by atomic mass is 10.0. The third-order valence-electron chi connectivity index (χ3n) is 5.16. The molecule has 0 aliphatic carbocycles. The summed E-state index contributed by atoms with van der Waals surface area (Å²) in [5.41, 5.74) is 4.67. The maximum Gasteiger partial charge on any atom is 0.326 e. The van der Waals surface area contributed by atoms with Gasteiger partial charge < -0.3 is 20.8 Å². The number of carbonyl (C=O) groups is 3. The van der Waals surface area contributed by atoms with Crippen molar-refractivity contribution in [2.24, 2.45) is 0 Å². The van der Waals surface area contributed by atoms with Gasteiger partial charge in [0.25, 0.3) is 11.8 Å². The summed E-state index contributed by atoms with van der Waals surface area (Å²) in [5, 5.41) is 25.8. The zero-order chi connectivity index (χ0) is 23.4. The number of anilines is 2. The summed E-state index contributed by atoms with van der Waals surface area (Å²) >= 11 is 0. The highest BCUT2D eigenvalue weighted by molar-refractivity contribution is 6.35.